The average molecular weight is 695 g/mol. The second-order valence-corrected chi connectivity index (χ2v) is 15.4. The highest BCUT2D eigenvalue weighted by molar-refractivity contribution is 7.09. The van der Waals surface area contributed by atoms with E-state index in [9.17, 15) is 29.1 Å². The number of carbonyl (C=O) groups is 5. The number of likely N-dealkylation sites (tertiary alicyclic amines) is 1. The first-order chi connectivity index (χ1) is 22.3. The van der Waals surface area contributed by atoms with Crippen molar-refractivity contribution in [2.24, 2.45) is 17.8 Å². The normalized spacial score (nSPS) is 18.9. The number of nitrogens with one attached hydrogen (secondary N) is 1. The summed E-state index contributed by atoms with van der Waals surface area (Å²) in [5.41, 5.74) is -1.88. The fourth-order valence-corrected chi connectivity index (χ4v) is 6.97. The van der Waals surface area contributed by atoms with E-state index in [-0.39, 0.29) is 29.9 Å². The number of unbranched alkanes of at least 4 members (excludes halogenated alkanes) is 3. The zero-order valence-corrected chi connectivity index (χ0v) is 31.4. The zero-order valence-electron chi connectivity index (χ0n) is 30.6. The highest BCUT2D eigenvalue weighted by Crippen LogP contribution is 2.34. The summed E-state index contributed by atoms with van der Waals surface area (Å²) >= 11 is 1.09. The molecule has 2 heterocycles. The summed E-state index contributed by atoms with van der Waals surface area (Å²) in [4.78, 5) is 73.5. The largest absolute Gasteiger partial charge is 0.476 e. The number of carboxylic acid groups (broad SMARTS) is 1. The first-order valence-electron chi connectivity index (χ1n) is 17.3. The van der Waals surface area contributed by atoms with E-state index in [1.165, 1.54) is 17.2 Å². The summed E-state index contributed by atoms with van der Waals surface area (Å²) in [6, 6.07) is -0.458. The van der Waals surface area contributed by atoms with E-state index in [1.807, 2.05) is 27.7 Å². The monoisotopic (exact) mass is 694 g/mol. The van der Waals surface area contributed by atoms with Crippen molar-refractivity contribution in [3.8, 4) is 0 Å². The minimum atomic E-state index is -1.18. The van der Waals surface area contributed by atoms with E-state index in [4.69, 9.17) is 9.47 Å². The van der Waals surface area contributed by atoms with Gasteiger partial charge in [-0.3, -0.25) is 19.3 Å². The number of nitrogens with zero attached hydrogens (tertiary/aromatic N) is 3. The molecule has 0 spiro atoms. The summed E-state index contributed by atoms with van der Waals surface area (Å²) in [7, 11) is 0. The van der Waals surface area contributed by atoms with E-state index >= 15 is 0 Å². The van der Waals surface area contributed by atoms with Crippen molar-refractivity contribution in [2.45, 2.75) is 144 Å². The van der Waals surface area contributed by atoms with Crippen LogP contribution in [0.4, 0.5) is 4.79 Å². The van der Waals surface area contributed by atoms with E-state index in [2.05, 4.69) is 17.2 Å². The van der Waals surface area contributed by atoms with Crippen LogP contribution >= 0.6 is 11.3 Å². The highest BCUT2D eigenvalue weighted by Gasteiger charge is 2.46. The Morgan fingerprint density at radius 1 is 1.12 bits per heavy atom. The molecule has 0 radical (unpaired) electrons. The Hall–Kier alpha value is -3.22. The van der Waals surface area contributed by atoms with Crippen LogP contribution in [0.1, 0.15) is 142 Å². The standard InChI is InChI=1S/C35H58N4O8S/c1-11-13-14-15-18-38(26(22(3)4)20-27(46-24(6)40)30-36-25(21-48-30)32(43)44)31(42)28(23(5)12-2)29(41)37-35(10)17-16-19-39(35)33(45)47-34(7,8)9/h21-23,26-28H,11-20H2,1-10H3,(H,37,41)(H,43,44)/t23-,26+,27+,28-,35+/m0/s1. The van der Waals surface area contributed by atoms with Gasteiger partial charge in [0.15, 0.2) is 11.8 Å². The van der Waals surface area contributed by atoms with Crippen LogP contribution < -0.4 is 5.32 Å². The summed E-state index contributed by atoms with van der Waals surface area (Å²) in [6.45, 7) is 19.1. The molecule has 1 fully saturated rings. The first kappa shape index (κ1) is 41.0. The number of rotatable bonds is 17. The molecule has 0 aliphatic carbocycles. The Balaban J connectivity index is 2.51. The quantitative estimate of drug-likeness (QED) is 0.102. The molecule has 0 bridgehead atoms. The molecule has 13 heteroatoms. The number of aromatic nitrogens is 1. The van der Waals surface area contributed by atoms with Crippen molar-refractivity contribution in [1.29, 1.82) is 0 Å². The van der Waals surface area contributed by atoms with Gasteiger partial charge in [0.1, 0.15) is 22.2 Å². The number of carbonyl (C=O) groups excluding carboxylic acids is 4. The van der Waals surface area contributed by atoms with Gasteiger partial charge < -0.3 is 24.8 Å². The predicted molar refractivity (Wildman–Crippen MR) is 184 cm³/mol. The lowest BCUT2D eigenvalue weighted by Gasteiger charge is -2.41. The predicted octanol–water partition coefficient (Wildman–Crippen LogP) is 6.79. The van der Waals surface area contributed by atoms with Crippen molar-refractivity contribution < 1.29 is 38.6 Å². The third kappa shape index (κ3) is 11.4. The molecule has 1 aliphatic heterocycles. The van der Waals surface area contributed by atoms with Gasteiger partial charge in [-0.1, -0.05) is 60.3 Å². The van der Waals surface area contributed by atoms with Crippen LogP contribution in [-0.2, 0) is 23.9 Å². The molecule has 1 saturated heterocycles. The molecule has 0 saturated carbocycles. The van der Waals surface area contributed by atoms with Crippen molar-refractivity contribution >= 4 is 41.2 Å². The Bertz CT molecular complexity index is 1260. The van der Waals surface area contributed by atoms with Gasteiger partial charge in [-0.05, 0) is 58.8 Å². The number of thiazole rings is 1. The molecular formula is C35H58N4O8S. The van der Waals surface area contributed by atoms with Gasteiger partial charge in [0.25, 0.3) is 0 Å². The van der Waals surface area contributed by atoms with Crippen LogP contribution in [-0.4, -0.2) is 80.1 Å². The second kappa shape index (κ2) is 18.0. The SMILES string of the molecule is CCCCCCN(C(=O)[C@H](C(=O)N[C@@]1(C)CCCN1C(=O)OC(C)(C)C)[C@@H](C)CC)[C@H](C[C@@H](OC(C)=O)c1nc(C(=O)O)cs1)C(C)C. The molecule has 0 unspecified atom stereocenters. The topological polar surface area (TPSA) is 155 Å². The molecule has 0 aromatic carbocycles. The molecule has 272 valence electrons. The number of esters is 1. The van der Waals surface area contributed by atoms with E-state index < -0.39 is 53.3 Å². The molecular weight excluding hydrogens is 636 g/mol. The molecule has 3 amide bonds. The zero-order chi connectivity index (χ0) is 36.4. The number of aromatic carboxylic acids is 1. The van der Waals surface area contributed by atoms with Gasteiger partial charge in [-0.15, -0.1) is 11.3 Å². The lowest BCUT2D eigenvalue weighted by atomic mass is 9.86. The van der Waals surface area contributed by atoms with E-state index in [1.54, 1.807) is 32.6 Å². The first-order valence-corrected chi connectivity index (χ1v) is 18.2. The summed E-state index contributed by atoms with van der Waals surface area (Å²) in [5.74, 6) is -3.96. The van der Waals surface area contributed by atoms with Gasteiger partial charge in [0.2, 0.25) is 11.8 Å². The summed E-state index contributed by atoms with van der Waals surface area (Å²) in [6.07, 6.45) is 4.18. The maximum Gasteiger partial charge on any atom is 0.412 e. The van der Waals surface area contributed by atoms with Crippen molar-refractivity contribution in [2.75, 3.05) is 13.1 Å². The smallest absolute Gasteiger partial charge is 0.412 e. The number of amides is 3. The Morgan fingerprint density at radius 3 is 2.31 bits per heavy atom. The van der Waals surface area contributed by atoms with Gasteiger partial charge in [-0.25, -0.2) is 14.6 Å². The Labute approximate surface area is 290 Å². The molecule has 12 nitrogen and oxygen atoms in total. The lowest BCUT2D eigenvalue weighted by molar-refractivity contribution is -0.151. The van der Waals surface area contributed by atoms with Gasteiger partial charge in [0, 0.05) is 37.9 Å². The lowest BCUT2D eigenvalue weighted by Crippen LogP contribution is -2.61. The second-order valence-electron chi connectivity index (χ2n) is 14.5. The maximum atomic E-state index is 14.8. The third-order valence-corrected chi connectivity index (χ3v) is 9.83. The average Bonchev–Trinajstić information content (AvgIpc) is 3.62. The van der Waals surface area contributed by atoms with Gasteiger partial charge >= 0.3 is 18.0 Å². The van der Waals surface area contributed by atoms with E-state index in [0.717, 1.165) is 37.0 Å². The van der Waals surface area contributed by atoms with Gasteiger partial charge in [0.05, 0.1) is 0 Å². The van der Waals surface area contributed by atoms with Crippen molar-refractivity contribution in [3.63, 3.8) is 0 Å². The van der Waals surface area contributed by atoms with Gasteiger partial charge in [-0.2, -0.15) is 0 Å². The van der Waals surface area contributed by atoms with Crippen molar-refractivity contribution in [3.05, 3.63) is 16.1 Å². The molecule has 2 N–H and O–H groups in total. The minimum Gasteiger partial charge on any atom is -0.476 e. The third-order valence-electron chi connectivity index (χ3n) is 8.89. The Morgan fingerprint density at radius 2 is 1.79 bits per heavy atom. The molecule has 1 aromatic rings. The molecule has 1 aliphatic rings. The number of hydrogen-bond acceptors (Lipinski definition) is 9. The summed E-state index contributed by atoms with van der Waals surface area (Å²) < 4.78 is 11.3. The van der Waals surface area contributed by atoms with Crippen LogP contribution in [0.25, 0.3) is 0 Å². The number of hydrogen-bond donors (Lipinski definition) is 2. The molecule has 48 heavy (non-hydrogen) atoms. The molecule has 2 rings (SSSR count). The molecule has 1 aromatic heterocycles. The fourth-order valence-electron chi connectivity index (χ4n) is 6.13. The van der Waals surface area contributed by atoms with Crippen LogP contribution in [0.15, 0.2) is 5.38 Å². The minimum absolute atomic E-state index is 0.104. The van der Waals surface area contributed by atoms with Crippen LogP contribution in [0.2, 0.25) is 0 Å². The number of ether oxygens (including phenoxy) is 2. The van der Waals surface area contributed by atoms with Crippen LogP contribution in [0.5, 0.6) is 0 Å². The van der Waals surface area contributed by atoms with Crippen LogP contribution in [0, 0.1) is 17.8 Å². The van der Waals surface area contributed by atoms with Crippen molar-refractivity contribution in [1.82, 2.24) is 20.1 Å². The Kier molecular flexibility index (Phi) is 15.3. The summed E-state index contributed by atoms with van der Waals surface area (Å²) in [5, 5.41) is 14.3. The highest BCUT2D eigenvalue weighted by atomic mass is 32.1. The number of carboxylic acids is 1. The molecule has 5 atom stereocenters. The maximum absolute atomic E-state index is 14.8. The van der Waals surface area contributed by atoms with Crippen LogP contribution in [0.3, 0.4) is 0 Å². The van der Waals surface area contributed by atoms with E-state index in [0.29, 0.717) is 37.4 Å². The fraction of sp³-hybridized carbons (Fsp3) is 0.771.